The van der Waals surface area contributed by atoms with Crippen molar-refractivity contribution in [2.24, 2.45) is 22.7 Å². The number of fused-ring (bicyclic) bond motifs is 3. The molecule has 1 aromatic rings. The lowest BCUT2D eigenvalue weighted by Gasteiger charge is -2.64. The van der Waals surface area contributed by atoms with E-state index in [1.165, 1.54) is 32.1 Å². The molecule has 7 rings (SSSR count). The number of likely N-dealkylation sites (tertiary alicyclic amines) is 1. The Morgan fingerprint density at radius 1 is 1.07 bits per heavy atom. The molecule has 1 amide bonds. The molecule has 6 fully saturated rings. The van der Waals surface area contributed by atoms with Gasteiger partial charge in [0.25, 0.3) is 0 Å². The van der Waals surface area contributed by atoms with Gasteiger partial charge in [0.2, 0.25) is 0 Å². The van der Waals surface area contributed by atoms with Crippen LogP contribution in [0.15, 0.2) is 27.6 Å². The first kappa shape index (κ1) is 30.2. The van der Waals surface area contributed by atoms with Gasteiger partial charge in [0.05, 0.1) is 11.9 Å². The van der Waals surface area contributed by atoms with Gasteiger partial charge in [-0.1, -0.05) is 13.8 Å². The average molecular weight is 613 g/mol. The van der Waals surface area contributed by atoms with Crippen molar-refractivity contribution >= 4 is 12.1 Å². The van der Waals surface area contributed by atoms with E-state index in [1.807, 2.05) is 7.05 Å². The summed E-state index contributed by atoms with van der Waals surface area (Å²) in [5, 5.41) is 12.4. The third-order valence-electron chi connectivity index (χ3n) is 13.3. The molecular weight excluding hydrogens is 564 g/mol. The summed E-state index contributed by atoms with van der Waals surface area (Å²) in [7, 11) is 1.81. The van der Waals surface area contributed by atoms with Crippen LogP contribution >= 0.6 is 0 Å². The zero-order valence-electron chi connectivity index (χ0n) is 26.6. The summed E-state index contributed by atoms with van der Waals surface area (Å²) in [6.45, 7) is 9.27. The monoisotopic (exact) mass is 612 g/mol. The Hall–Kier alpha value is -2.43. The average Bonchev–Trinajstić information content (AvgIpc) is 3.42. The van der Waals surface area contributed by atoms with Crippen molar-refractivity contribution < 1.29 is 33.3 Å². The Balaban J connectivity index is 1.09. The number of carbonyl (C=O) groups excluding carboxylic acids is 2. The Morgan fingerprint density at radius 2 is 1.80 bits per heavy atom. The summed E-state index contributed by atoms with van der Waals surface area (Å²) in [6, 6.07) is 3.17. The first-order valence-electron chi connectivity index (χ1n) is 16.7. The molecule has 1 N–H and O–H groups in total. The maximum Gasteiger partial charge on any atom is 0.409 e. The quantitative estimate of drug-likeness (QED) is 0.374. The molecule has 4 saturated carbocycles. The van der Waals surface area contributed by atoms with Crippen LogP contribution in [0.5, 0.6) is 0 Å². The van der Waals surface area contributed by atoms with Crippen LogP contribution < -0.4 is 5.63 Å². The molecule has 10 heteroatoms. The molecule has 3 heterocycles. The van der Waals surface area contributed by atoms with Crippen molar-refractivity contribution in [1.82, 2.24) is 9.80 Å². The molecule has 242 valence electrons. The molecule has 0 bridgehead atoms. The number of esters is 1. The zero-order valence-corrected chi connectivity index (χ0v) is 26.6. The fourth-order valence-electron chi connectivity index (χ4n) is 10.9. The summed E-state index contributed by atoms with van der Waals surface area (Å²) >= 11 is 0. The molecule has 4 aliphatic carbocycles. The number of ether oxygens (including phenoxy) is 3. The third kappa shape index (κ3) is 4.33. The van der Waals surface area contributed by atoms with Crippen LogP contribution in [0.1, 0.15) is 90.0 Å². The molecule has 0 radical (unpaired) electrons. The molecular formula is C34H48N2O8. The number of hydrogen-bond acceptors (Lipinski definition) is 9. The third-order valence-corrected chi connectivity index (χ3v) is 13.3. The molecule has 44 heavy (non-hydrogen) atoms. The summed E-state index contributed by atoms with van der Waals surface area (Å²) in [5.41, 5.74) is -1.55. The van der Waals surface area contributed by atoms with Crippen molar-refractivity contribution in [3.05, 3.63) is 34.4 Å². The van der Waals surface area contributed by atoms with Crippen LogP contribution in [0.4, 0.5) is 4.79 Å². The van der Waals surface area contributed by atoms with E-state index >= 15 is 0 Å². The zero-order chi connectivity index (χ0) is 31.1. The highest BCUT2D eigenvalue weighted by Crippen LogP contribution is 2.78. The maximum atomic E-state index is 13.0. The minimum Gasteiger partial charge on any atom is -0.459 e. The molecule has 6 aliphatic rings. The van der Waals surface area contributed by atoms with E-state index in [9.17, 15) is 19.5 Å². The molecule has 0 aromatic carbocycles. The van der Waals surface area contributed by atoms with Crippen LogP contribution in [0.3, 0.4) is 0 Å². The predicted molar refractivity (Wildman–Crippen MR) is 160 cm³/mol. The fraction of sp³-hybridized carbons (Fsp3) is 0.794. The van der Waals surface area contributed by atoms with Gasteiger partial charge in [0.1, 0.15) is 24.4 Å². The topological polar surface area (TPSA) is 122 Å². The smallest absolute Gasteiger partial charge is 0.409 e. The SMILES string of the molecule is CC(=O)O[C@H]1[C@H]2O[C@]23[C@@H]2CC[C@]4(O)C[C@@H](N(C)C(=O)OCCN5CCCC5)CC[C@]4(C)[C@H]2CC[C@]3(C)[C@H]1c1ccc(=O)oc1. The minimum atomic E-state index is -0.897. The number of nitrogens with zero attached hydrogens (tertiary/aromatic N) is 2. The summed E-state index contributed by atoms with van der Waals surface area (Å²) in [4.78, 5) is 41.1. The Morgan fingerprint density at radius 3 is 2.50 bits per heavy atom. The molecule has 0 unspecified atom stereocenters. The van der Waals surface area contributed by atoms with Gasteiger partial charge in [-0.25, -0.2) is 9.59 Å². The largest absolute Gasteiger partial charge is 0.459 e. The van der Waals surface area contributed by atoms with Crippen LogP contribution in [-0.4, -0.2) is 89.7 Å². The van der Waals surface area contributed by atoms with Crippen molar-refractivity contribution in [3.63, 3.8) is 0 Å². The second kappa shape index (κ2) is 10.6. The molecule has 10 nitrogen and oxygen atoms in total. The molecule has 1 aromatic heterocycles. The standard InChI is InChI=1S/C34H48N2O8/c1-21(37)43-28-27(22-7-8-26(38)42-20-22)32(3)13-10-24-25(34(32)29(28)44-34)11-14-33(40)19-23(9-12-31(24,33)2)35(4)30(39)41-18-17-36-15-5-6-16-36/h7-8,20,23-25,27-29,40H,5-6,9-19H2,1-4H3/t23-,24-,25+,27-,28+,29+,31+,32+,33-,34+/m0/s1. The second-order valence-electron chi connectivity index (χ2n) is 15.1. The van der Waals surface area contributed by atoms with Gasteiger partial charge in [-0.2, -0.15) is 0 Å². The van der Waals surface area contributed by atoms with Crippen LogP contribution in [0.25, 0.3) is 0 Å². The van der Waals surface area contributed by atoms with Crippen LogP contribution in [0.2, 0.25) is 0 Å². The molecule has 2 aliphatic heterocycles. The van der Waals surface area contributed by atoms with Gasteiger partial charge in [-0.3, -0.25) is 9.69 Å². The number of epoxide rings is 1. The van der Waals surface area contributed by atoms with E-state index in [2.05, 4.69) is 18.7 Å². The number of hydrogen-bond donors (Lipinski definition) is 1. The first-order chi connectivity index (χ1) is 20.9. The highest BCUT2D eigenvalue weighted by Gasteiger charge is 2.85. The summed E-state index contributed by atoms with van der Waals surface area (Å²) < 4.78 is 23.6. The molecule has 2 saturated heterocycles. The van der Waals surface area contributed by atoms with Gasteiger partial charge in [-0.05, 0) is 99.8 Å². The fourth-order valence-corrected chi connectivity index (χ4v) is 10.9. The van der Waals surface area contributed by atoms with Crippen molar-refractivity contribution in [2.45, 2.75) is 114 Å². The second-order valence-corrected chi connectivity index (χ2v) is 15.1. The van der Waals surface area contributed by atoms with E-state index in [0.717, 1.165) is 57.3 Å². The van der Waals surface area contributed by atoms with Crippen LogP contribution in [-0.2, 0) is 19.0 Å². The highest BCUT2D eigenvalue weighted by atomic mass is 16.7. The summed E-state index contributed by atoms with van der Waals surface area (Å²) in [6.07, 6.45) is 8.35. The first-order valence-corrected chi connectivity index (χ1v) is 16.7. The lowest BCUT2D eigenvalue weighted by molar-refractivity contribution is -0.218. The lowest BCUT2D eigenvalue weighted by atomic mass is 9.42. The number of rotatable bonds is 6. The van der Waals surface area contributed by atoms with E-state index in [-0.39, 0.29) is 52.8 Å². The number of aliphatic hydroxyl groups is 1. The number of carbonyl (C=O) groups is 2. The van der Waals surface area contributed by atoms with E-state index in [1.54, 1.807) is 11.0 Å². The Labute approximate surface area is 259 Å². The van der Waals surface area contributed by atoms with Crippen LogP contribution in [0, 0.1) is 22.7 Å². The van der Waals surface area contributed by atoms with Gasteiger partial charge < -0.3 is 28.6 Å². The van der Waals surface area contributed by atoms with Crippen molar-refractivity contribution in [3.8, 4) is 0 Å². The predicted octanol–water partition coefficient (Wildman–Crippen LogP) is 4.09. The van der Waals surface area contributed by atoms with Gasteiger partial charge in [0.15, 0.2) is 0 Å². The summed E-state index contributed by atoms with van der Waals surface area (Å²) in [5.74, 6) is -0.0441. The van der Waals surface area contributed by atoms with Gasteiger partial charge in [0, 0.05) is 44.0 Å². The maximum absolute atomic E-state index is 13.0. The van der Waals surface area contributed by atoms with Gasteiger partial charge >= 0.3 is 17.7 Å². The van der Waals surface area contributed by atoms with Crippen molar-refractivity contribution in [1.29, 1.82) is 0 Å². The Kier molecular flexibility index (Phi) is 7.25. The highest BCUT2D eigenvalue weighted by molar-refractivity contribution is 5.68. The number of amides is 1. The lowest BCUT2D eigenvalue weighted by Crippen LogP contribution is -2.66. The van der Waals surface area contributed by atoms with Crippen molar-refractivity contribution in [2.75, 3.05) is 33.3 Å². The van der Waals surface area contributed by atoms with E-state index in [0.29, 0.717) is 19.4 Å². The normalized spacial score (nSPS) is 44.1. The van der Waals surface area contributed by atoms with E-state index < -0.39 is 22.9 Å². The Bertz CT molecular complexity index is 1340. The molecule has 1 spiro atoms. The molecule has 10 atom stereocenters. The minimum absolute atomic E-state index is 0.0715. The van der Waals surface area contributed by atoms with E-state index in [4.69, 9.17) is 18.6 Å². The van der Waals surface area contributed by atoms with Gasteiger partial charge in [-0.15, -0.1) is 0 Å².